The van der Waals surface area contributed by atoms with E-state index in [0.29, 0.717) is 75.9 Å². The lowest BCUT2D eigenvalue weighted by Crippen LogP contribution is -2.12. The number of aromatic hydroxyl groups is 1. The SMILES string of the molecule is [B]c1cc(Cc2cc([B])cc(-n3nc4cc(S)c(S)cc4n3)c2O)cc(-n2nc3cc(S)c(S)cc3n2)c1. The molecule has 0 amide bonds. The second kappa shape index (κ2) is 9.64. The molecule has 0 aliphatic rings. The Hall–Kier alpha value is -2.99. The molecule has 4 aromatic carbocycles. The van der Waals surface area contributed by atoms with Gasteiger partial charge in [-0.1, -0.05) is 23.1 Å². The van der Waals surface area contributed by atoms with Crippen LogP contribution in [-0.2, 0) is 6.42 Å². The molecule has 0 aliphatic carbocycles. The van der Waals surface area contributed by atoms with Crippen LogP contribution in [0.2, 0.25) is 0 Å². The molecule has 0 bridgehead atoms. The van der Waals surface area contributed by atoms with E-state index in [1.807, 2.05) is 24.3 Å². The summed E-state index contributed by atoms with van der Waals surface area (Å²) in [5.74, 6) is 0.00578. The quantitative estimate of drug-likeness (QED) is 0.167. The van der Waals surface area contributed by atoms with Crippen molar-refractivity contribution in [1.29, 1.82) is 0 Å². The van der Waals surface area contributed by atoms with Crippen LogP contribution in [0.25, 0.3) is 33.4 Å². The Labute approximate surface area is 242 Å². The summed E-state index contributed by atoms with van der Waals surface area (Å²) in [6, 6.07) is 16.0. The fraction of sp³-hybridized carbons (Fsp3) is 0.0400. The third kappa shape index (κ3) is 4.68. The van der Waals surface area contributed by atoms with E-state index in [-0.39, 0.29) is 5.75 Å². The molecular formula is C25H16B2N6OS4. The van der Waals surface area contributed by atoms with Gasteiger partial charge < -0.3 is 5.11 Å². The van der Waals surface area contributed by atoms with Crippen molar-refractivity contribution in [3.63, 3.8) is 0 Å². The molecule has 1 N–H and O–H groups in total. The van der Waals surface area contributed by atoms with E-state index in [9.17, 15) is 5.11 Å². The highest BCUT2D eigenvalue weighted by molar-refractivity contribution is 7.84. The molecule has 0 fully saturated rings. The van der Waals surface area contributed by atoms with Gasteiger partial charge in [0.15, 0.2) is 0 Å². The van der Waals surface area contributed by atoms with E-state index in [0.717, 1.165) is 5.56 Å². The summed E-state index contributed by atoms with van der Waals surface area (Å²) in [6.45, 7) is 0. The van der Waals surface area contributed by atoms with Crippen LogP contribution in [0.3, 0.4) is 0 Å². The van der Waals surface area contributed by atoms with Crippen molar-refractivity contribution >= 4 is 99.2 Å². The van der Waals surface area contributed by atoms with Gasteiger partial charge in [-0.05, 0) is 53.6 Å². The molecule has 2 heterocycles. The Morgan fingerprint density at radius 2 is 1.08 bits per heavy atom. The number of phenolic OH excluding ortho intramolecular Hbond substituents is 1. The third-order valence-corrected chi connectivity index (χ3v) is 7.82. The number of hydrogen-bond donors (Lipinski definition) is 5. The zero-order valence-corrected chi connectivity index (χ0v) is 23.1. The fourth-order valence-electron chi connectivity index (χ4n) is 4.23. The summed E-state index contributed by atoms with van der Waals surface area (Å²) >= 11 is 17.6. The van der Waals surface area contributed by atoms with E-state index in [1.54, 1.807) is 30.3 Å². The molecule has 0 saturated heterocycles. The van der Waals surface area contributed by atoms with Crippen LogP contribution in [0.5, 0.6) is 5.75 Å². The first-order chi connectivity index (χ1) is 18.1. The molecular weight excluding hydrogens is 550 g/mol. The molecule has 7 nitrogen and oxygen atoms in total. The van der Waals surface area contributed by atoms with Crippen LogP contribution in [0.15, 0.2) is 74.2 Å². The second-order valence-corrected chi connectivity index (χ2v) is 10.7. The molecule has 0 unspecified atom stereocenters. The molecule has 38 heavy (non-hydrogen) atoms. The van der Waals surface area contributed by atoms with E-state index in [1.165, 1.54) is 9.59 Å². The van der Waals surface area contributed by atoms with Crippen LogP contribution in [0.1, 0.15) is 11.1 Å². The Morgan fingerprint density at radius 1 is 0.605 bits per heavy atom. The second-order valence-electron chi connectivity index (χ2n) is 8.80. The maximum atomic E-state index is 11.2. The Balaban J connectivity index is 1.39. The number of benzene rings is 4. The van der Waals surface area contributed by atoms with Gasteiger partial charge in [-0.3, -0.25) is 0 Å². The van der Waals surface area contributed by atoms with Crippen molar-refractivity contribution in [2.45, 2.75) is 26.0 Å². The maximum Gasteiger partial charge on any atom is 0.146 e. The smallest absolute Gasteiger partial charge is 0.146 e. The van der Waals surface area contributed by atoms with Gasteiger partial charge in [0.05, 0.1) is 5.69 Å². The van der Waals surface area contributed by atoms with Crippen molar-refractivity contribution in [1.82, 2.24) is 30.0 Å². The summed E-state index contributed by atoms with van der Waals surface area (Å²) in [5.41, 5.74) is 6.02. The predicted molar refractivity (Wildman–Crippen MR) is 162 cm³/mol. The number of thiol groups is 4. The van der Waals surface area contributed by atoms with Crippen LogP contribution < -0.4 is 10.9 Å². The van der Waals surface area contributed by atoms with Crippen molar-refractivity contribution in [2.24, 2.45) is 0 Å². The molecule has 0 atom stereocenters. The first-order valence-electron chi connectivity index (χ1n) is 11.2. The Morgan fingerprint density at radius 3 is 1.61 bits per heavy atom. The summed E-state index contributed by atoms with van der Waals surface area (Å²) < 4.78 is 0. The van der Waals surface area contributed by atoms with E-state index in [2.05, 4.69) is 70.9 Å². The molecule has 2 aromatic heterocycles. The van der Waals surface area contributed by atoms with Gasteiger partial charge in [0.1, 0.15) is 49.2 Å². The van der Waals surface area contributed by atoms with Gasteiger partial charge in [-0.15, -0.1) is 75.7 Å². The summed E-state index contributed by atoms with van der Waals surface area (Å²) in [7, 11) is 12.4. The molecule has 6 aromatic rings. The Kier molecular flexibility index (Phi) is 6.42. The Bertz CT molecular complexity index is 1830. The zero-order valence-electron chi connectivity index (χ0n) is 19.5. The van der Waals surface area contributed by atoms with Gasteiger partial charge in [-0.25, -0.2) is 0 Å². The van der Waals surface area contributed by atoms with Crippen LogP contribution in [0, 0.1) is 0 Å². The van der Waals surface area contributed by atoms with Crippen molar-refractivity contribution < 1.29 is 5.11 Å². The molecule has 0 spiro atoms. The average molecular weight is 566 g/mol. The first kappa shape index (κ1) is 25.3. The molecule has 182 valence electrons. The number of hydrogen-bond acceptors (Lipinski definition) is 9. The summed E-state index contributed by atoms with van der Waals surface area (Å²) in [5, 5.41) is 29.3. The summed E-state index contributed by atoms with van der Waals surface area (Å²) in [6.07, 6.45) is 0.340. The minimum Gasteiger partial charge on any atom is -0.505 e. The summed E-state index contributed by atoms with van der Waals surface area (Å²) in [4.78, 5) is 5.66. The molecule has 0 saturated carbocycles. The minimum atomic E-state index is 0.00578. The van der Waals surface area contributed by atoms with E-state index < -0.39 is 0 Å². The predicted octanol–water partition coefficient (Wildman–Crippen LogP) is 3.19. The zero-order chi connectivity index (χ0) is 26.7. The molecule has 4 radical (unpaired) electrons. The highest BCUT2D eigenvalue weighted by Crippen LogP contribution is 2.29. The number of phenols is 1. The van der Waals surface area contributed by atoms with Crippen molar-refractivity contribution in [3.05, 3.63) is 65.7 Å². The largest absolute Gasteiger partial charge is 0.505 e. The fourth-order valence-corrected chi connectivity index (χ4v) is 4.98. The topological polar surface area (TPSA) is 81.6 Å². The molecule has 13 heteroatoms. The highest BCUT2D eigenvalue weighted by atomic mass is 32.1. The van der Waals surface area contributed by atoms with Crippen molar-refractivity contribution in [3.8, 4) is 17.1 Å². The normalized spacial score (nSPS) is 11.6. The third-order valence-electron chi connectivity index (χ3n) is 5.99. The number of aromatic nitrogens is 6. The van der Waals surface area contributed by atoms with Gasteiger partial charge in [0, 0.05) is 26.0 Å². The van der Waals surface area contributed by atoms with Gasteiger partial charge in [-0.2, -0.15) is 4.80 Å². The van der Waals surface area contributed by atoms with Crippen molar-refractivity contribution in [2.75, 3.05) is 0 Å². The van der Waals surface area contributed by atoms with E-state index in [4.69, 9.17) is 15.7 Å². The monoisotopic (exact) mass is 566 g/mol. The minimum absolute atomic E-state index is 0.00578. The van der Waals surface area contributed by atoms with Crippen LogP contribution >= 0.6 is 50.5 Å². The lowest BCUT2D eigenvalue weighted by atomic mass is 9.89. The molecule has 6 rings (SSSR count). The molecule has 0 aliphatic heterocycles. The highest BCUT2D eigenvalue weighted by Gasteiger charge is 2.16. The number of nitrogens with zero attached hydrogens (tertiary/aromatic N) is 6. The number of fused-ring (bicyclic) bond motifs is 2. The van der Waals surface area contributed by atoms with Gasteiger partial charge >= 0.3 is 0 Å². The standard InChI is InChI=1S/C25H16B2N6OS4/c26-13-2-11(3-15(5-13)32-28-16-7-21(35)22(36)8-17(16)29-32)1-12-4-14(27)6-20(25(12)34)33-30-18-9-23(37)24(38)10-19(18)31-33/h2-10,34-38H,1H2. The van der Waals surface area contributed by atoms with Crippen LogP contribution in [-0.4, -0.2) is 50.8 Å². The van der Waals surface area contributed by atoms with E-state index >= 15 is 0 Å². The average Bonchev–Trinajstić information content (AvgIpc) is 3.45. The number of rotatable bonds is 4. The lowest BCUT2D eigenvalue weighted by molar-refractivity contribution is 0.462. The maximum absolute atomic E-state index is 11.2. The first-order valence-corrected chi connectivity index (χ1v) is 13.0. The van der Waals surface area contributed by atoms with Crippen LogP contribution in [0.4, 0.5) is 0 Å². The van der Waals surface area contributed by atoms with Gasteiger partial charge in [0.25, 0.3) is 0 Å². The lowest BCUT2D eigenvalue weighted by Gasteiger charge is -2.13. The van der Waals surface area contributed by atoms with Gasteiger partial charge in [0.2, 0.25) is 0 Å².